The number of hydrogen-bond acceptors (Lipinski definition) is 8. The topological polar surface area (TPSA) is 126 Å². The van der Waals surface area contributed by atoms with Crippen LogP contribution >= 0.6 is 0 Å². The molecule has 2 aromatic heterocycles. The van der Waals surface area contributed by atoms with E-state index in [1.807, 2.05) is 63.3 Å². The first-order chi connectivity index (χ1) is 19.2. The van der Waals surface area contributed by atoms with Crippen molar-refractivity contribution in [1.29, 1.82) is 0 Å². The number of hydrogen-bond donors (Lipinski definition) is 1. The first kappa shape index (κ1) is 37.4. The van der Waals surface area contributed by atoms with Gasteiger partial charge in [0.05, 0.1) is 42.3 Å². The maximum Gasteiger partial charge on any atom is 0.222 e. The molecule has 0 aromatic carbocycles. The number of carbonyl (C=O) groups excluding carboxylic acids is 2. The van der Waals surface area contributed by atoms with Crippen LogP contribution in [0.2, 0.25) is 0 Å². The zero-order chi connectivity index (χ0) is 32.2. The summed E-state index contributed by atoms with van der Waals surface area (Å²) in [6.45, 7) is 26.5. The normalized spacial score (nSPS) is 12.6. The summed E-state index contributed by atoms with van der Waals surface area (Å²) < 4.78 is 14.8. The summed E-state index contributed by atoms with van der Waals surface area (Å²) in [4.78, 5) is 23.3. The third-order valence-corrected chi connectivity index (χ3v) is 5.98. The average molecular weight is 592 g/mol. The molecule has 2 aromatic rings. The van der Waals surface area contributed by atoms with Gasteiger partial charge in [-0.15, -0.1) is 10.2 Å². The van der Waals surface area contributed by atoms with Crippen LogP contribution in [0.3, 0.4) is 0 Å². The largest absolute Gasteiger partial charge is 0.381 e. The lowest BCUT2D eigenvalue weighted by Gasteiger charge is -2.20. The molecule has 240 valence electrons. The Morgan fingerprint density at radius 3 is 1.52 bits per heavy atom. The lowest BCUT2D eigenvalue weighted by Crippen LogP contribution is -2.40. The van der Waals surface area contributed by atoms with Gasteiger partial charge in [0, 0.05) is 55.6 Å². The van der Waals surface area contributed by atoms with E-state index in [9.17, 15) is 9.59 Å². The van der Waals surface area contributed by atoms with Crippen molar-refractivity contribution in [2.45, 2.75) is 132 Å². The fourth-order valence-electron chi connectivity index (χ4n) is 3.39. The molecule has 0 bridgehead atoms. The molecule has 11 nitrogen and oxygen atoms in total. The van der Waals surface area contributed by atoms with Crippen molar-refractivity contribution in [2.24, 2.45) is 5.41 Å². The molecular weight excluding hydrogens is 534 g/mol. The highest BCUT2D eigenvalue weighted by Crippen LogP contribution is 2.17. The quantitative estimate of drug-likeness (QED) is 0.327. The van der Waals surface area contributed by atoms with Crippen LogP contribution in [0.1, 0.15) is 114 Å². The lowest BCUT2D eigenvalue weighted by molar-refractivity contribution is -0.126. The predicted molar refractivity (Wildman–Crippen MR) is 165 cm³/mol. The second-order valence-corrected chi connectivity index (χ2v) is 14.7. The van der Waals surface area contributed by atoms with Crippen molar-refractivity contribution in [3.63, 3.8) is 0 Å². The van der Waals surface area contributed by atoms with E-state index in [0.29, 0.717) is 51.5 Å². The van der Waals surface area contributed by atoms with Gasteiger partial charge >= 0.3 is 0 Å². The molecule has 2 heterocycles. The minimum atomic E-state index is -0.245. The average Bonchev–Trinajstić information content (AvgIpc) is 3.49. The summed E-state index contributed by atoms with van der Waals surface area (Å²) in [5.74, 6) is 0.306. The van der Waals surface area contributed by atoms with E-state index >= 15 is 0 Å². The number of aromatic nitrogens is 6. The zero-order valence-corrected chi connectivity index (χ0v) is 28.3. The van der Waals surface area contributed by atoms with Gasteiger partial charge in [0.15, 0.2) is 0 Å². The lowest BCUT2D eigenvalue weighted by atomic mass is 9.88. The Bertz CT molecular complexity index is 1080. The van der Waals surface area contributed by atoms with Gasteiger partial charge in [-0.3, -0.25) is 9.59 Å². The number of carbonyl (C=O) groups is 2. The maximum absolute atomic E-state index is 11.7. The van der Waals surface area contributed by atoms with Gasteiger partial charge in [0.25, 0.3) is 0 Å². The van der Waals surface area contributed by atoms with Crippen LogP contribution < -0.4 is 5.32 Å². The van der Waals surface area contributed by atoms with Gasteiger partial charge in [0.1, 0.15) is 5.78 Å². The molecule has 0 unspecified atom stereocenters. The van der Waals surface area contributed by atoms with Crippen LogP contribution in [0.25, 0.3) is 0 Å². The van der Waals surface area contributed by atoms with Gasteiger partial charge < -0.3 is 14.8 Å². The standard InChI is InChI=1S/C16H29N3O2.C15H28N4O2/c1-15(2,3)14(20)8-7-10-21-11-9-13-12-19(18-17-13)16(4,5)6;1-14(2,3)16-13(20)8-10-21-9-7-12-11-19(18-17-12)15(4,5)6/h12H,7-11H2,1-6H3;11H,7-10H2,1-6H3,(H,16,20). The van der Waals surface area contributed by atoms with E-state index in [0.717, 1.165) is 24.2 Å². The number of nitrogens with one attached hydrogen (secondary N) is 1. The van der Waals surface area contributed by atoms with E-state index in [1.165, 1.54) is 0 Å². The Balaban J connectivity index is 0.000000420. The monoisotopic (exact) mass is 591 g/mol. The van der Waals surface area contributed by atoms with E-state index in [2.05, 4.69) is 67.5 Å². The Kier molecular flexibility index (Phi) is 14.5. The number of nitrogens with zero attached hydrogens (tertiary/aromatic N) is 6. The third kappa shape index (κ3) is 16.1. The smallest absolute Gasteiger partial charge is 0.222 e. The maximum atomic E-state index is 11.7. The Morgan fingerprint density at radius 1 is 0.690 bits per heavy atom. The van der Waals surface area contributed by atoms with E-state index in [1.54, 1.807) is 0 Å². The summed E-state index contributed by atoms with van der Waals surface area (Å²) in [6, 6.07) is 0. The molecule has 0 saturated heterocycles. The molecule has 42 heavy (non-hydrogen) atoms. The Hall–Kier alpha value is -2.66. The second-order valence-electron chi connectivity index (χ2n) is 14.7. The SMILES string of the molecule is CC(C)(C)C(=O)CCCOCCc1cn(C(C)(C)C)nn1.CC(C)(C)NC(=O)CCOCCc1cn(C(C)(C)C)nn1. The molecule has 11 heteroatoms. The first-order valence-electron chi connectivity index (χ1n) is 15.0. The van der Waals surface area contributed by atoms with Crippen molar-refractivity contribution >= 4 is 11.7 Å². The molecule has 1 amide bonds. The summed E-state index contributed by atoms with van der Waals surface area (Å²) >= 11 is 0. The van der Waals surface area contributed by atoms with Crippen molar-refractivity contribution in [3.8, 4) is 0 Å². The molecule has 0 spiro atoms. The van der Waals surface area contributed by atoms with Crippen LogP contribution in [-0.2, 0) is 43.0 Å². The van der Waals surface area contributed by atoms with Gasteiger partial charge in [-0.2, -0.15) is 0 Å². The minimum Gasteiger partial charge on any atom is -0.381 e. The summed E-state index contributed by atoms with van der Waals surface area (Å²) in [6.07, 6.45) is 7.11. The summed E-state index contributed by atoms with van der Waals surface area (Å²) in [5.41, 5.74) is 1.31. The van der Waals surface area contributed by atoms with Crippen LogP contribution in [0, 0.1) is 5.41 Å². The van der Waals surface area contributed by atoms with Crippen molar-refractivity contribution in [2.75, 3.05) is 26.4 Å². The number of ether oxygens (including phenoxy) is 2. The van der Waals surface area contributed by atoms with Crippen LogP contribution in [0.15, 0.2) is 12.4 Å². The second kappa shape index (κ2) is 16.3. The van der Waals surface area contributed by atoms with E-state index in [-0.39, 0.29) is 27.9 Å². The molecule has 0 fully saturated rings. The molecule has 0 saturated carbocycles. The highest BCUT2D eigenvalue weighted by atomic mass is 16.5. The Labute approximate surface area is 253 Å². The van der Waals surface area contributed by atoms with Crippen molar-refractivity contribution in [1.82, 2.24) is 35.3 Å². The summed E-state index contributed by atoms with van der Waals surface area (Å²) in [5, 5.41) is 19.4. The number of Topliss-reactive ketones (excluding diaryl/α,β-unsaturated/α-hetero) is 1. The third-order valence-electron chi connectivity index (χ3n) is 5.98. The van der Waals surface area contributed by atoms with Gasteiger partial charge in [0.2, 0.25) is 5.91 Å². The highest BCUT2D eigenvalue weighted by molar-refractivity contribution is 5.83. The van der Waals surface area contributed by atoms with Gasteiger partial charge in [-0.1, -0.05) is 31.2 Å². The van der Waals surface area contributed by atoms with Crippen LogP contribution in [0.5, 0.6) is 0 Å². The Morgan fingerprint density at radius 2 is 1.14 bits per heavy atom. The predicted octanol–water partition coefficient (Wildman–Crippen LogP) is 4.88. The molecule has 1 N–H and O–H groups in total. The molecular formula is C31H57N7O4. The van der Waals surface area contributed by atoms with Crippen LogP contribution in [-0.4, -0.2) is 73.6 Å². The molecule has 0 aliphatic heterocycles. The molecule has 2 rings (SSSR count). The zero-order valence-electron chi connectivity index (χ0n) is 28.3. The summed E-state index contributed by atoms with van der Waals surface area (Å²) in [7, 11) is 0. The minimum absolute atomic E-state index is 0.0150. The number of rotatable bonds is 13. The highest BCUT2D eigenvalue weighted by Gasteiger charge is 2.20. The van der Waals surface area contributed by atoms with Gasteiger partial charge in [-0.25, -0.2) is 9.36 Å². The van der Waals surface area contributed by atoms with Crippen molar-refractivity contribution in [3.05, 3.63) is 23.8 Å². The van der Waals surface area contributed by atoms with Crippen molar-refractivity contribution < 1.29 is 19.1 Å². The molecule has 0 radical (unpaired) electrons. The molecule has 0 aliphatic carbocycles. The fraction of sp³-hybridized carbons (Fsp3) is 0.806. The molecule has 0 atom stereocenters. The fourth-order valence-corrected chi connectivity index (χ4v) is 3.39. The van der Waals surface area contributed by atoms with Crippen LogP contribution in [0.4, 0.5) is 0 Å². The first-order valence-corrected chi connectivity index (χ1v) is 15.0. The van der Waals surface area contributed by atoms with E-state index < -0.39 is 0 Å². The van der Waals surface area contributed by atoms with Gasteiger partial charge in [-0.05, 0) is 68.7 Å². The number of ketones is 1. The number of amides is 1. The molecule has 0 aliphatic rings. The van der Waals surface area contributed by atoms with E-state index in [4.69, 9.17) is 9.47 Å².